The number of alkyl halides is 3. The van der Waals surface area contributed by atoms with Crippen molar-refractivity contribution in [1.82, 2.24) is 4.72 Å². The van der Waals surface area contributed by atoms with E-state index < -0.39 is 27.6 Å². The van der Waals surface area contributed by atoms with Crippen LogP contribution >= 0.6 is 0 Å². The number of hydrogen-bond donors (Lipinski definition) is 1. The first-order valence-corrected chi connectivity index (χ1v) is 5.24. The molecule has 0 aliphatic heterocycles. The molecular formula is C8H13F3N2OS. The van der Waals surface area contributed by atoms with Gasteiger partial charge in [-0.15, -0.1) is 0 Å². The van der Waals surface area contributed by atoms with Gasteiger partial charge in [-0.1, -0.05) is 0 Å². The van der Waals surface area contributed by atoms with Crippen molar-refractivity contribution < 1.29 is 17.4 Å². The minimum Gasteiger partial charge on any atom is -0.282 e. The van der Waals surface area contributed by atoms with Crippen molar-refractivity contribution >= 4 is 11.0 Å². The second-order valence-corrected chi connectivity index (χ2v) is 6.13. The minimum absolute atomic E-state index is 0.670. The highest BCUT2D eigenvalue weighted by molar-refractivity contribution is 7.84. The molecule has 0 fully saturated rings. The Bertz CT molecular complexity index is 302. The third-order valence-electron chi connectivity index (χ3n) is 1.62. The topological polar surface area (TPSA) is 33.5 Å². The van der Waals surface area contributed by atoms with E-state index in [-0.39, 0.29) is 0 Å². The normalized spacial score (nSPS) is 19.1. The summed E-state index contributed by atoms with van der Waals surface area (Å²) in [5, 5.41) is 0. The van der Waals surface area contributed by atoms with Gasteiger partial charge in [0.05, 0.1) is 4.75 Å². The maximum absolute atomic E-state index is 12.4. The van der Waals surface area contributed by atoms with Crippen molar-refractivity contribution in [2.45, 2.75) is 44.3 Å². The van der Waals surface area contributed by atoms with Gasteiger partial charge in [-0.25, -0.2) is 10.8 Å². The largest absolute Gasteiger partial charge is 0.485 e. The molecule has 3 nitrogen and oxygen atoms in total. The summed E-state index contributed by atoms with van der Waals surface area (Å²) in [6, 6.07) is 0. The summed E-state index contributed by atoms with van der Waals surface area (Å²) in [5.74, 6) is 0. The highest BCUT2D eigenvalue weighted by Gasteiger charge is 2.60. The Balaban J connectivity index is 4.94. The zero-order valence-corrected chi connectivity index (χ0v) is 9.71. The molecule has 2 atom stereocenters. The Hall–Kier alpha value is -0.610. The first-order valence-electron chi connectivity index (χ1n) is 4.09. The first kappa shape index (κ1) is 14.4. The number of nitrogens with zero attached hydrogens (tertiary/aromatic N) is 1. The SMILES string of the molecule is [C-]#[N+][C@](C)(N[S@](=O)C(C)(C)C)C(F)(F)F. The molecule has 0 amide bonds. The van der Waals surface area contributed by atoms with E-state index in [0.29, 0.717) is 6.92 Å². The number of hydrogen-bond acceptors (Lipinski definition) is 1. The molecular weight excluding hydrogens is 229 g/mol. The van der Waals surface area contributed by atoms with Crippen molar-refractivity contribution in [2.24, 2.45) is 0 Å². The summed E-state index contributed by atoms with van der Waals surface area (Å²) in [7, 11) is -1.94. The average molecular weight is 242 g/mol. The smallest absolute Gasteiger partial charge is 0.282 e. The predicted molar refractivity (Wildman–Crippen MR) is 52.1 cm³/mol. The van der Waals surface area contributed by atoms with Gasteiger partial charge in [0, 0.05) is 6.92 Å². The van der Waals surface area contributed by atoms with Crippen molar-refractivity contribution in [2.75, 3.05) is 0 Å². The minimum atomic E-state index is -4.75. The van der Waals surface area contributed by atoms with E-state index in [2.05, 4.69) is 4.85 Å². The van der Waals surface area contributed by atoms with Gasteiger partial charge in [0.15, 0.2) is 0 Å². The lowest BCUT2D eigenvalue weighted by Gasteiger charge is -2.25. The van der Waals surface area contributed by atoms with Crippen LogP contribution in [0.3, 0.4) is 0 Å². The molecule has 0 spiro atoms. The molecule has 0 aromatic carbocycles. The Morgan fingerprint density at radius 1 is 1.20 bits per heavy atom. The molecule has 0 saturated heterocycles. The molecule has 0 aromatic heterocycles. The number of nitrogens with one attached hydrogen (secondary N) is 1. The monoisotopic (exact) mass is 242 g/mol. The molecule has 7 heteroatoms. The molecule has 1 N–H and O–H groups in total. The predicted octanol–water partition coefficient (Wildman–Crippen LogP) is 2.24. The van der Waals surface area contributed by atoms with Gasteiger partial charge in [0.2, 0.25) is 0 Å². The molecule has 0 aliphatic carbocycles. The molecule has 0 aliphatic rings. The van der Waals surface area contributed by atoms with Crippen LogP contribution in [-0.4, -0.2) is 20.8 Å². The molecule has 0 rings (SSSR count). The lowest BCUT2D eigenvalue weighted by molar-refractivity contribution is -0.171. The van der Waals surface area contributed by atoms with E-state index in [1.165, 1.54) is 20.8 Å². The van der Waals surface area contributed by atoms with E-state index in [4.69, 9.17) is 6.57 Å². The van der Waals surface area contributed by atoms with E-state index in [1.54, 1.807) is 0 Å². The highest BCUT2D eigenvalue weighted by Crippen LogP contribution is 2.32. The van der Waals surface area contributed by atoms with Gasteiger partial charge in [-0.3, -0.25) is 4.85 Å². The van der Waals surface area contributed by atoms with Crippen LogP contribution in [0.2, 0.25) is 0 Å². The summed E-state index contributed by atoms with van der Waals surface area (Å²) in [6.07, 6.45) is -4.75. The van der Waals surface area contributed by atoms with Crippen molar-refractivity contribution in [3.63, 3.8) is 0 Å². The molecule has 0 aromatic rings. The molecule has 0 unspecified atom stereocenters. The third-order valence-corrected chi connectivity index (χ3v) is 3.32. The van der Waals surface area contributed by atoms with Crippen molar-refractivity contribution in [1.29, 1.82) is 0 Å². The van der Waals surface area contributed by atoms with Gasteiger partial charge >= 0.3 is 11.8 Å². The molecule has 0 heterocycles. The fourth-order valence-electron chi connectivity index (χ4n) is 0.478. The average Bonchev–Trinajstić information content (AvgIpc) is 2.00. The van der Waals surface area contributed by atoms with Gasteiger partial charge in [-0.05, 0) is 20.8 Å². The maximum atomic E-state index is 12.4. The van der Waals surface area contributed by atoms with Crippen molar-refractivity contribution in [3.8, 4) is 0 Å². The van der Waals surface area contributed by atoms with Crippen LogP contribution in [0.4, 0.5) is 13.2 Å². The van der Waals surface area contributed by atoms with Gasteiger partial charge < -0.3 is 0 Å². The number of rotatable bonds is 2. The maximum Gasteiger partial charge on any atom is 0.485 e. The second-order valence-electron chi connectivity index (χ2n) is 4.16. The standard InChI is InChI=1S/C8H13F3N2OS/c1-6(2,3)15(14)13-7(4,12-5)8(9,10)11/h13H,1-4H3/t7-,15-/m1/s1. The lowest BCUT2D eigenvalue weighted by Crippen LogP contribution is -2.55. The summed E-state index contributed by atoms with van der Waals surface area (Å²) < 4.78 is 49.7. The fraction of sp³-hybridized carbons (Fsp3) is 0.875. The van der Waals surface area contributed by atoms with Crippen LogP contribution in [-0.2, 0) is 11.0 Å². The Morgan fingerprint density at radius 3 is 1.80 bits per heavy atom. The summed E-state index contributed by atoms with van der Waals surface area (Å²) >= 11 is 0. The van der Waals surface area contributed by atoms with Gasteiger partial charge in [0.1, 0.15) is 11.0 Å². The zero-order chi connectivity index (χ0) is 12.5. The molecule has 0 saturated carbocycles. The Morgan fingerprint density at radius 2 is 1.60 bits per heavy atom. The second kappa shape index (κ2) is 4.10. The van der Waals surface area contributed by atoms with E-state index in [9.17, 15) is 17.4 Å². The Kier molecular flexibility index (Phi) is 3.93. The van der Waals surface area contributed by atoms with Gasteiger partial charge in [0.25, 0.3) is 0 Å². The van der Waals surface area contributed by atoms with Crippen LogP contribution in [0.1, 0.15) is 27.7 Å². The third kappa shape index (κ3) is 3.47. The van der Waals surface area contributed by atoms with Crippen LogP contribution in [0, 0.1) is 6.57 Å². The van der Waals surface area contributed by atoms with Crippen LogP contribution in [0.5, 0.6) is 0 Å². The fourth-order valence-corrected chi connectivity index (χ4v) is 1.31. The zero-order valence-electron chi connectivity index (χ0n) is 8.90. The highest BCUT2D eigenvalue weighted by atomic mass is 32.2. The van der Waals surface area contributed by atoms with Crippen molar-refractivity contribution in [3.05, 3.63) is 11.4 Å². The quantitative estimate of drug-likeness (QED) is 0.740. The van der Waals surface area contributed by atoms with Crippen LogP contribution in [0.15, 0.2) is 0 Å². The van der Waals surface area contributed by atoms with E-state index in [1.807, 2.05) is 4.72 Å². The van der Waals surface area contributed by atoms with E-state index in [0.717, 1.165) is 0 Å². The molecule has 0 bridgehead atoms. The summed E-state index contributed by atoms with van der Waals surface area (Å²) in [5.41, 5.74) is -2.80. The molecule has 88 valence electrons. The summed E-state index contributed by atoms with van der Waals surface area (Å²) in [4.78, 5) is 2.47. The first-order chi connectivity index (χ1) is 6.44. The van der Waals surface area contributed by atoms with Crippen LogP contribution < -0.4 is 4.72 Å². The molecule has 0 radical (unpaired) electrons. The number of halogens is 3. The Labute approximate surface area is 89.5 Å². The van der Waals surface area contributed by atoms with E-state index >= 15 is 0 Å². The summed E-state index contributed by atoms with van der Waals surface area (Å²) in [6.45, 7) is 11.8. The van der Waals surface area contributed by atoms with Crippen LogP contribution in [0.25, 0.3) is 4.85 Å². The molecule has 15 heavy (non-hydrogen) atoms. The van der Waals surface area contributed by atoms with Gasteiger partial charge in [-0.2, -0.15) is 17.9 Å². The lowest BCUT2D eigenvalue weighted by atomic mass is 10.2.